The lowest BCUT2D eigenvalue weighted by molar-refractivity contribution is 0.402. The molecule has 0 saturated carbocycles. The first kappa shape index (κ1) is 7.78. The second-order valence-electron chi connectivity index (χ2n) is 4.02. The third-order valence-corrected chi connectivity index (χ3v) is 2.86. The highest BCUT2D eigenvalue weighted by Crippen LogP contribution is 2.29. The molecule has 1 aromatic rings. The summed E-state index contributed by atoms with van der Waals surface area (Å²) in [5.74, 6) is 1.62. The van der Waals surface area contributed by atoms with Crippen LogP contribution < -0.4 is 0 Å². The van der Waals surface area contributed by atoms with Crippen molar-refractivity contribution in [3.05, 3.63) is 29.6 Å². The number of hydrogen-bond donors (Lipinski definition) is 0. The largest absolute Gasteiger partial charge is 0.261 e. The second-order valence-corrected chi connectivity index (χ2v) is 4.02. The van der Waals surface area contributed by atoms with Crippen molar-refractivity contribution in [1.82, 2.24) is 4.98 Å². The van der Waals surface area contributed by atoms with Gasteiger partial charge in [0.2, 0.25) is 0 Å². The topological polar surface area (TPSA) is 12.9 Å². The first-order valence-corrected chi connectivity index (χ1v) is 4.70. The van der Waals surface area contributed by atoms with Crippen LogP contribution in [0, 0.1) is 11.8 Å². The van der Waals surface area contributed by atoms with E-state index in [0.29, 0.717) is 0 Å². The van der Waals surface area contributed by atoms with Gasteiger partial charge in [0.25, 0.3) is 0 Å². The van der Waals surface area contributed by atoms with Crippen LogP contribution in [0.25, 0.3) is 0 Å². The van der Waals surface area contributed by atoms with E-state index in [1.807, 2.05) is 12.3 Å². The monoisotopic (exact) mass is 161 g/mol. The maximum Gasteiger partial charge on any atom is 0.0438 e. The number of aromatic nitrogens is 1. The van der Waals surface area contributed by atoms with Crippen molar-refractivity contribution in [3.63, 3.8) is 0 Å². The Bertz CT molecular complexity index is 253. The van der Waals surface area contributed by atoms with Crippen molar-refractivity contribution in [3.8, 4) is 0 Å². The standard InChI is InChI=1S/C11H15N/c1-8(2)10-6-9-4-3-5-12-11(9)7-10/h3-5,8,10H,6-7H2,1-2H3. The summed E-state index contributed by atoms with van der Waals surface area (Å²) >= 11 is 0. The maximum absolute atomic E-state index is 4.39. The molecule has 1 aliphatic carbocycles. The molecule has 12 heavy (non-hydrogen) atoms. The van der Waals surface area contributed by atoms with Crippen molar-refractivity contribution < 1.29 is 0 Å². The predicted octanol–water partition coefficient (Wildman–Crippen LogP) is 2.45. The molecule has 0 aliphatic heterocycles. The highest BCUT2D eigenvalue weighted by atomic mass is 14.7. The Kier molecular flexibility index (Phi) is 1.87. The minimum atomic E-state index is 0.791. The molecule has 0 saturated heterocycles. The van der Waals surface area contributed by atoms with Gasteiger partial charge >= 0.3 is 0 Å². The van der Waals surface area contributed by atoms with Gasteiger partial charge in [-0.25, -0.2) is 0 Å². The number of hydrogen-bond acceptors (Lipinski definition) is 1. The Hall–Kier alpha value is -0.850. The Balaban J connectivity index is 2.22. The van der Waals surface area contributed by atoms with E-state index in [2.05, 4.69) is 24.9 Å². The molecule has 1 aliphatic rings. The molecule has 64 valence electrons. The summed E-state index contributed by atoms with van der Waals surface area (Å²) in [4.78, 5) is 4.39. The molecular weight excluding hydrogens is 146 g/mol. The van der Waals surface area contributed by atoms with Gasteiger partial charge in [0, 0.05) is 11.9 Å². The van der Waals surface area contributed by atoms with Crippen LogP contribution in [-0.2, 0) is 12.8 Å². The average Bonchev–Trinajstić information content (AvgIpc) is 2.46. The Morgan fingerprint density at radius 2 is 2.25 bits per heavy atom. The molecule has 1 unspecified atom stereocenters. The molecule has 0 bridgehead atoms. The number of fused-ring (bicyclic) bond motifs is 1. The zero-order chi connectivity index (χ0) is 8.55. The molecule has 0 fully saturated rings. The van der Waals surface area contributed by atoms with E-state index in [9.17, 15) is 0 Å². The number of nitrogens with zero attached hydrogens (tertiary/aromatic N) is 1. The summed E-state index contributed by atoms with van der Waals surface area (Å²) in [7, 11) is 0. The third-order valence-electron chi connectivity index (χ3n) is 2.86. The van der Waals surface area contributed by atoms with E-state index < -0.39 is 0 Å². The van der Waals surface area contributed by atoms with Crippen molar-refractivity contribution >= 4 is 0 Å². The van der Waals surface area contributed by atoms with Gasteiger partial charge in [-0.05, 0) is 36.3 Å². The number of pyridine rings is 1. The van der Waals surface area contributed by atoms with Gasteiger partial charge in [-0.3, -0.25) is 4.98 Å². The molecular formula is C11H15N. The van der Waals surface area contributed by atoms with Crippen LogP contribution in [0.3, 0.4) is 0 Å². The lowest BCUT2D eigenvalue weighted by Gasteiger charge is -2.11. The minimum absolute atomic E-state index is 0.791. The smallest absolute Gasteiger partial charge is 0.0438 e. The molecule has 1 heterocycles. The predicted molar refractivity (Wildman–Crippen MR) is 50.0 cm³/mol. The van der Waals surface area contributed by atoms with E-state index in [1.165, 1.54) is 24.1 Å². The molecule has 1 nitrogen and oxygen atoms in total. The summed E-state index contributed by atoms with van der Waals surface area (Å²) in [5, 5.41) is 0. The Morgan fingerprint density at radius 3 is 2.92 bits per heavy atom. The highest BCUT2D eigenvalue weighted by Gasteiger charge is 2.24. The Morgan fingerprint density at radius 1 is 1.42 bits per heavy atom. The van der Waals surface area contributed by atoms with Crippen LogP contribution in [0.2, 0.25) is 0 Å². The van der Waals surface area contributed by atoms with Crippen molar-refractivity contribution in [2.24, 2.45) is 11.8 Å². The van der Waals surface area contributed by atoms with Crippen LogP contribution in [0.1, 0.15) is 25.1 Å². The highest BCUT2D eigenvalue weighted by molar-refractivity contribution is 5.25. The fraction of sp³-hybridized carbons (Fsp3) is 0.545. The molecule has 0 radical (unpaired) electrons. The van der Waals surface area contributed by atoms with Gasteiger partial charge in [0.1, 0.15) is 0 Å². The van der Waals surface area contributed by atoms with Crippen molar-refractivity contribution in [1.29, 1.82) is 0 Å². The first-order chi connectivity index (χ1) is 5.77. The van der Waals surface area contributed by atoms with E-state index in [1.54, 1.807) is 0 Å². The van der Waals surface area contributed by atoms with Crippen LogP contribution in [0.5, 0.6) is 0 Å². The molecule has 0 N–H and O–H groups in total. The van der Waals surface area contributed by atoms with Gasteiger partial charge in [0.05, 0.1) is 0 Å². The quantitative estimate of drug-likeness (QED) is 0.616. The fourth-order valence-electron chi connectivity index (χ4n) is 1.92. The van der Waals surface area contributed by atoms with Gasteiger partial charge in [-0.1, -0.05) is 19.9 Å². The van der Waals surface area contributed by atoms with Gasteiger partial charge in [-0.15, -0.1) is 0 Å². The van der Waals surface area contributed by atoms with Crippen LogP contribution >= 0.6 is 0 Å². The lowest BCUT2D eigenvalue weighted by atomic mass is 9.93. The van der Waals surface area contributed by atoms with E-state index >= 15 is 0 Å². The summed E-state index contributed by atoms with van der Waals surface area (Å²) in [5.41, 5.74) is 2.80. The normalized spacial score (nSPS) is 21.4. The lowest BCUT2D eigenvalue weighted by Crippen LogP contribution is -2.07. The fourth-order valence-corrected chi connectivity index (χ4v) is 1.92. The summed E-state index contributed by atoms with van der Waals surface area (Å²) in [6, 6.07) is 4.26. The summed E-state index contributed by atoms with van der Waals surface area (Å²) < 4.78 is 0. The van der Waals surface area contributed by atoms with Gasteiger partial charge < -0.3 is 0 Å². The maximum atomic E-state index is 4.39. The van der Waals surface area contributed by atoms with Crippen LogP contribution in [0.4, 0.5) is 0 Å². The molecule has 1 heteroatoms. The summed E-state index contributed by atoms with van der Waals surface area (Å²) in [6.07, 6.45) is 4.33. The minimum Gasteiger partial charge on any atom is -0.261 e. The third kappa shape index (κ3) is 1.24. The zero-order valence-corrected chi connectivity index (χ0v) is 7.75. The Labute approximate surface area is 73.8 Å². The molecule has 2 rings (SSSR count). The van der Waals surface area contributed by atoms with Crippen LogP contribution in [0.15, 0.2) is 18.3 Å². The van der Waals surface area contributed by atoms with Gasteiger partial charge in [0.15, 0.2) is 0 Å². The van der Waals surface area contributed by atoms with Crippen LogP contribution in [-0.4, -0.2) is 4.98 Å². The zero-order valence-electron chi connectivity index (χ0n) is 7.75. The molecule has 1 atom stereocenters. The average molecular weight is 161 g/mol. The van der Waals surface area contributed by atoms with E-state index in [4.69, 9.17) is 0 Å². The second kappa shape index (κ2) is 2.89. The van der Waals surface area contributed by atoms with Crippen molar-refractivity contribution in [2.75, 3.05) is 0 Å². The molecule has 0 aromatic carbocycles. The summed E-state index contributed by atoms with van der Waals surface area (Å²) in [6.45, 7) is 4.60. The number of rotatable bonds is 1. The van der Waals surface area contributed by atoms with E-state index in [-0.39, 0.29) is 0 Å². The first-order valence-electron chi connectivity index (χ1n) is 4.70. The van der Waals surface area contributed by atoms with E-state index in [0.717, 1.165) is 11.8 Å². The molecule has 0 spiro atoms. The van der Waals surface area contributed by atoms with Gasteiger partial charge in [-0.2, -0.15) is 0 Å². The van der Waals surface area contributed by atoms with Crippen molar-refractivity contribution in [2.45, 2.75) is 26.7 Å². The molecule has 1 aromatic heterocycles. The molecule has 0 amide bonds. The SMILES string of the molecule is CC(C)C1Cc2cccnc2C1.